The van der Waals surface area contributed by atoms with Crippen LogP contribution in [0.5, 0.6) is 0 Å². The van der Waals surface area contributed by atoms with Crippen LogP contribution in [0.2, 0.25) is 0 Å². The van der Waals surface area contributed by atoms with Gasteiger partial charge in [-0.25, -0.2) is 30.0 Å². The summed E-state index contributed by atoms with van der Waals surface area (Å²) < 4.78 is 9.51. The number of amides is 4. The molecule has 2 fully saturated rings. The number of hydrazine groups is 1. The van der Waals surface area contributed by atoms with Gasteiger partial charge in [-0.05, 0) is 67.7 Å². The van der Waals surface area contributed by atoms with Gasteiger partial charge in [-0.3, -0.25) is 9.59 Å². The average Bonchev–Trinajstić information content (AvgIpc) is 4.00. The molecule has 2 aromatic carbocycles. The van der Waals surface area contributed by atoms with E-state index in [1.807, 2.05) is 38.8 Å². The summed E-state index contributed by atoms with van der Waals surface area (Å²) >= 11 is 0. The quantitative estimate of drug-likeness (QED) is 0.126. The third kappa shape index (κ3) is 8.68. The molecule has 3 heterocycles. The third-order valence-corrected chi connectivity index (χ3v) is 10.7. The van der Waals surface area contributed by atoms with Crippen molar-refractivity contribution in [2.45, 2.75) is 90.3 Å². The smallest absolute Gasteiger partial charge is 0.425 e. The molecule has 0 bridgehead atoms. The van der Waals surface area contributed by atoms with Crippen LogP contribution in [0, 0.1) is 11.8 Å². The molecule has 4 aromatic rings. The fourth-order valence-corrected chi connectivity index (χ4v) is 7.72. The first-order chi connectivity index (χ1) is 26.5. The van der Waals surface area contributed by atoms with Gasteiger partial charge in [0.1, 0.15) is 17.7 Å². The van der Waals surface area contributed by atoms with E-state index in [4.69, 9.17) is 14.5 Å². The number of hydrogen-bond acceptors (Lipinski definition) is 8. The molecule has 55 heavy (non-hydrogen) atoms. The topological polar surface area (TPSA) is 175 Å². The molecule has 0 radical (unpaired) electrons. The number of nitrogens with zero attached hydrogens (tertiary/aromatic N) is 4. The van der Waals surface area contributed by atoms with Crippen molar-refractivity contribution in [2.24, 2.45) is 11.8 Å². The Morgan fingerprint density at radius 2 is 1.29 bits per heavy atom. The third-order valence-electron chi connectivity index (χ3n) is 10.7. The summed E-state index contributed by atoms with van der Waals surface area (Å²) in [5, 5.41) is 4.07. The van der Waals surface area contributed by atoms with Crippen LogP contribution in [0.15, 0.2) is 60.9 Å². The monoisotopic (exact) mass is 752 g/mol. The van der Waals surface area contributed by atoms with Gasteiger partial charge in [-0.15, -0.1) is 0 Å². The van der Waals surface area contributed by atoms with Crippen LogP contribution in [-0.4, -0.2) is 86.7 Å². The summed E-state index contributed by atoms with van der Waals surface area (Å²) in [6.45, 7) is 8.11. The molecule has 1 saturated carbocycles. The van der Waals surface area contributed by atoms with Gasteiger partial charge in [0.25, 0.3) is 0 Å². The van der Waals surface area contributed by atoms with Crippen LogP contribution in [0.1, 0.15) is 89.8 Å². The van der Waals surface area contributed by atoms with Crippen molar-refractivity contribution in [3.63, 3.8) is 0 Å². The van der Waals surface area contributed by atoms with Crippen molar-refractivity contribution in [1.82, 2.24) is 40.6 Å². The van der Waals surface area contributed by atoms with E-state index in [1.54, 1.807) is 6.20 Å². The highest BCUT2D eigenvalue weighted by Gasteiger charge is 2.39. The molecule has 0 unspecified atom stereocenters. The molecule has 14 heteroatoms. The second-order valence-electron chi connectivity index (χ2n) is 15.0. The van der Waals surface area contributed by atoms with Crippen molar-refractivity contribution >= 4 is 24.0 Å². The average molecular weight is 753 g/mol. The van der Waals surface area contributed by atoms with Crippen LogP contribution in [0.3, 0.4) is 0 Å². The zero-order valence-electron chi connectivity index (χ0n) is 32.4. The highest BCUT2D eigenvalue weighted by molar-refractivity contribution is 5.86. The number of nitrogens with one attached hydrogen (secondary N) is 4. The maximum Gasteiger partial charge on any atom is 0.425 e. The Hall–Kier alpha value is -5.66. The number of alkyl carbamates (subject to hydrolysis) is 1. The van der Waals surface area contributed by atoms with Gasteiger partial charge in [-0.1, -0.05) is 75.2 Å². The lowest BCUT2D eigenvalue weighted by atomic mass is 9.78. The van der Waals surface area contributed by atoms with Gasteiger partial charge < -0.3 is 29.7 Å². The number of aromatic amines is 2. The molecular formula is C41H52N8O6. The van der Waals surface area contributed by atoms with Crippen molar-refractivity contribution in [1.29, 1.82) is 0 Å². The molecule has 4 N–H and O–H groups in total. The molecule has 2 aliphatic rings. The molecule has 292 valence electrons. The van der Waals surface area contributed by atoms with Gasteiger partial charge in [0.15, 0.2) is 0 Å². The van der Waals surface area contributed by atoms with Crippen LogP contribution >= 0.6 is 0 Å². The Morgan fingerprint density at radius 3 is 1.85 bits per heavy atom. The Bertz CT molecular complexity index is 1950. The molecule has 1 aliphatic heterocycles. The summed E-state index contributed by atoms with van der Waals surface area (Å²) in [4.78, 5) is 69.3. The van der Waals surface area contributed by atoms with E-state index < -0.39 is 18.2 Å². The second kappa shape index (κ2) is 17.2. The summed E-state index contributed by atoms with van der Waals surface area (Å²) in [6, 6.07) is 15.4. The maximum atomic E-state index is 13.7. The number of hydrogen-bond donors (Lipinski definition) is 4. The van der Waals surface area contributed by atoms with Gasteiger partial charge in [0.05, 0.1) is 44.0 Å². The highest BCUT2D eigenvalue weighted by Crippen LogP contribution is 2.39. The highest BCUT2D eigenvalue weighted by atomic mass is 16.5. The van der Waals surface area contributed by atoms with E-state index in [0.29, 0.717) is 6.54 Å². The van der Waals surface area contributed by atoms with Crippen molar-refractivity contribution in [2.75, 3.05) is 20.8 Å². The number of imidazole rings is 2. The summed E-state index contributed by atoms with van der Waals surface area (Å²) in [5.41, 5.74) is 8.40. The van der Waals surface area contributed by atoms with E-state index >= 15 is 0 Å². The lowest BCUT2D eigenvalue weighted by molar-refractivity contribution is -0.142. The molecule has 14 nitrogen and oxygen atoms in total. The van der Waals surface area contributed by atoms with Crippen LogP contribution < -0.4 is 10.7 Å². The number of likely N-dealkylation sites (tertiary alicyclic amines) is 1. The molecule has 1 aliphatic carbocycles. The summed E-state index contributed by atoms with van der Waals surface area (Å²) in [5.74, 6) is 0.718. The number of methoxy groups -OCH3 is 2. The SMILES string of the molecule is COC(=O)N[C@H](C(=O)N1CCC[C@H]1c1ncc(-c2ccc(-c3ccc(-c4cnc([C@H]5CCCC[C@H]5C(=O)N(NC(=O)OC)C(C)C)[nH]4)cc3)cc2)[nH]1)C(C)C. The minimum absolute atomic E-state index is 0.0911. The van der Waals surface area contributed by atoms with Crippen molar-refractivity contribution in [3.8, 4) is 33.6 Å². The van der Waals surface area contributed by atoms with Crippen LogP contribution in [0.25, 0.3) is 33.6 Å². The minimum Gasteiger partial charge on any atom is -0.453 e. The first kappa shape index (κ1) is 39.0. The Morgan fingerprint density at radius 1 is 0.745 bits per heavy atom. The van der Waals surface area contributed by atoms with Gasteiger partial charge >= 0.3 is 12.2 Å². The van der Waals surface area contributed by atoms with Crippen molar-refractivity contribution < 1.29 is 28.7 Å². The largest absolute Gasteiger partial charge is 0.453 e. The first-order valence-electron chi connectivity index (χ1n) is 19.1. The van der Waals surface area contributed by atoms with E-state index in [2.05, 4.69) is 74.2 Å². The Labute approximate surface area is 321 Å². The molecule has 4 atom stereocenters. The van der Waals surface area contributed by atoms with E-state index in [9.17, 15) is 19.2 Å². The van der Waals surface area contributed by atoms with Crippen molar-refractivity contribution in [3.05, 3.63) is 72.6 Å². The zero-order valence-corrected chi connectivity index (χ0v) is 32.4. The molecule has 1 saturated heterocycles. The number of ether oxygens (including phenoxy) is 2. The fraction of sp³-hybridized carbons (Fsp3) is 0.463. The van der Waals surface area contributed by atoms with E-state index in [0.717, 1.165) is 83.8 Å². The molecule has 0 spiro atoms. The normalized spacial score (nSPS) is 18.9. The number of aromatic nitrogens is 4. The summed E-state index contributed by atoms with van der Waals surface area (Å²) in [7, 11) is 2.57. The predicted octanol–water partition coefficient (Wildman–Crippen LogP) is 6.96. The van der Waals surface area contributed by atoms with Crippen LogP contribution in [0.4, 0.5) is 9.59 Å². The number of carbonyl (C=O) groups excluding carboxylic acids is 4. The zero-order chi connectivity index (χ0) is 39.2. The molecular weight excluding hydrogens is 701 g/mol. The second-order valence-corrected chi connectivity index (χ2v) is 15.0. The lowest BCUT2D eigenvalue weighted by Crippen LogP contribution is -2.53. The number of carbonyl (C=O) groups is 4. The number of benzene rings is 2. The maximum absolute atomic E-state index is 13.7. The van der Waals surface area contributed by atoms with Gasteiger partial charge in [0.2, 0.25) is 11.8 Å². The van der Waals surface area contributed by atoms with Crippen LogP contribution in [-0.2, 0) is 19.1 Å². The summed E-state index contributed by atoms with van der Waals surface area (Å²) in [6.07, 6.45) is 7.45. The minimum atomic E-state index is -0.687. The van der Waals surface area contributed by atoms with E-state index in [-0.39, 0.29) is 41.7 Å². The lowest BCUT2D eigenvalue weighted by Gasteiger charge is -2.35. The Kier molecular flexibility index (Phi) is 12.2. The molecule has 4 amide bonds. The predicted molar refractivity (Wildman–Crippen MR) is 207 cm³/mol. The van der Waals surface area contributed by atoms with Gasteiger partial charge in [0, 0.05) is 24.4 Å². The van der Waals surface area contributed by atoms with Gasteiger partial charge in [-0.2, -0.15) is 0 Å². The first-order valence-corrected chi connectivity index (χ1v) is 19.1. The Balaban J connectivity index is 1.11. The standard InChI is InChI=1S/C41H52N8O6/c1-24(2)35(46-40(52)54-5)39(51)48-21-9-12-34(48)37-43-23-33(45-37)29-19-15-27(16-20-29)26-13-17-28(18-14-26)32-22-42-36(44-32)30-10-7-8-11-31(30)38(50)49(25(3)4)47-41(53)55-6/h13-20,22-25,30-31,34-35H,7-12,21H2,1-6H3,(H,42,44)(H,43,45)(H,46,52)(H,47,53)/t30-,31+,34-,35-/m0/s1. The fourth-order valence-electron chi connectivity index (χ4n) is 7.72. The molecule has 2 aromatic heterocycles. The number of H-pyrrole nitrogens is 2. The molecule has 6 rings (SSSR count). The van der Waals surface area contributed by atoms with E-state index in [1.165, 1.54) is 19.2 Å². The number of rotatable bonds is 10.